The van der Waals surface area contributed by atoms with Gasteiger partial charge in [-0.3, -0.25) is 0 Å². The first-order valence-electron chi connectivity index (χ1n) is 5.85. The number of aliphatic carboxylic acids is 1. The molecule has 1 fully saturated rings. The van der Waals surface area contributed by atoms with Gasteiger partial charge in [0.25, 0.3) is 0 Å². The van der Waals surface area contributed by atoms with Gasteiger partial charge < -0.3 is 19.8 Å². The van der Waals surface area contributed by atoms with Gasteiger partial charge in [-0.05, 0) is 25.8 Å². The topological polar surface area (TPSA) is 70.0 Å². The van der Waals surface area contributed by atoms with E-state index in [1.165, 1.54) is 0 Å². The lowest BCUT2D eigenvalue weighted by atomic mass is 9.91. The first-order valence-corrected chi connectivity index (χ1v) is 5.85. The number of hydrogen-bond donors (Lipinski definition) is 2. The maximum atomic E-state index is 11.3. The van der Waals surface area contributed by atoms with Crippen LogP contribution in [-0.4, -0.2) is 59.5 Å². The zero-order chi connectivity index (χ0) is 12.0. The molecule has 1 heterocycles. The molecular formula is C11H21NO4. The second-order valence-electron chi connectivity index (χ2n) is 4.16. The van der Waals surface area contributed by atoms with E-state index in [1.54, 1.807) is 0 Å². The molecule has 1 saturated heterocycles. The highest BCUT2D eigenvalue weighted by Gasteiger charge is 2.42. The van der Waals surface area contributed by atoms with Gasteiger partial charge in [-0.15, -0.1) is 0 Å². The zero-order valence-corrected chi connectivity index (χ0v) is 9.81. The van der Waals surface area contributed by atoms with Gasteiger partial charge in [0.05, 0.1) is 6.61 Å². The molecule has 2 N–H and O–H groups in total. The maximum absolute atomic E-state index is 11.3. The Balaban J connectivity index is 2.51. The van der Waals surface area contributed by atoms with Gasteiger partial charge in [0.2, 0.25) is 0 Å². The molecule has 0 saturated carbocycles. The zero-order valence-electron chi connectivity index (χ0n) is 9.81. The van der Waals surface area contributed by atoms with E-state index in [1.807, 2.05) is 0 Å². The smallest absolute Gasteiger partial charge is 0.336 e. The summed E-state index contributed by atoms with van der Waals surface area (Å²) in [6.45, 7) is 4.91. The number of carboxylic acid groups (broad SMARTS) is 1. The monoisotopic (exact) mass is 231 g/mol. The lowest BCUT2D eigenvalue weighted by Gasteiger charge is -2.38. The summed E-state index contributed by atoms with van der Waals surface area (Å²) in [6, 6.07) is 0. The SMILES string of the molecule is CCN1CCC(OCCCO)(C(=O)O)CC1. The number of aliphatic hydroxyl groups excluding tert-OH is 1. The van der Waals surface area contributed by atoms with Crippen LogP contribution in [0.3, 0.4) is 0 Å². The summed E-state index contributed by atoms with van der Waals surface area (Å²) in [4.78, 5) is 13.5. The minimum absolute atomic E-state index is 0.0385. The van der Waals surface area contributed by atoms with Crippen LogP contribution in [0.2, 0.25) is 0 Å². The molecule has 1 aliphatic heterocycles. The molecule has 0 spiro atoms. The predicted octanol–water partition coefficient (Wildman–Crippen LogP) is 0.324. The van der Waals surface area contributed by atoms with Crippen molar-refractivity contribution in [3.05, 3.63) is 0 Å². The third-order valence-corrected chi connectivity index (χ3v) is 3.18. The Morgan fingerprint density at radius 3 is 2.50 bits per heavy atom. The molecule has 0 unspecified atom stereocenters. The van der Waals surface area contributed by atoms with Crippen LogP contribution in [0.15, 0.2) is 0 Å². The summed E-state index contributed by atoms with van der Waals surface area (Å²) in [6.07, 6.45) is 1.55. The predicted molar refractivity (Wildman–Crippen MR) is 59.4 cm³/mol. The molecule has 0 bridgehead atoms. The van der Waals surface area contributed by atoms with Crippen LogP contribution in [0, 0.1) is 0 Å². The van der Waals surface area contributed by atoms with Crippen LogP contribution >= 0.6 is 0 Å². The lowest BCUT2D eigenvalue weighted by Crippen LogP contribution is -2.51. The van der Waals surface area contributed by atoms with Crippen molar-refractivity contribution in [1.82, 2.24) is 4.90 Å². The summed E-state index contributed by atoms with van der Waals surface area (Å²) in [5, 5.41) is 17.9. The van der Waals surface area contributed by atoms with E-state index in [9.17, 15) is 9.90 Å². The molecular weight excluding hydrogens is 210 g/mol. The molecule has 1 rings (SSSR count). The van der Waals surface area contributed by atoms with Crippen molar-refractivity contribution in [1.29, 1.82) is 0 Å². The molecule has 5 nitrogen and oxygen atoms in total. The number of carboxylic acids is 1. The molecule has 0 radical (unpaired) electrons. The third kappa shape index (κ3) is 3.17. The Bertz CT molecular complexity index is 219. The van der Waals surface area contributed by atoms with Gasteiger partial charge in [-0.2, -0.15) is 0 Å². The minimum Gasteiger partial charge on any atom is -0.479 e. The van der Waals surface area contributed by atoms with E-state index >= 15 is 0 Å². The van der Waals surface area contributed by atoms with Gasteiger partial charge >= 0.3 is 5.97 Å². The molecule has 1 aliphatic rings. The van der Waals surface area contributed by atoms with Gasteiger partial charge in [0, 0.05) is 19.7 Å². The second kappa shape index (κ2) is 6.18. The largest absolute Gasteiger partial charge is 0.479 e. The van der Waals surface area contributed by atoms with E-state index in [2.05, 4.69) is 11.8 Å². The Morgan fingerprint density at radius 1 is 1.44 bits per heavy atom. The summed E-state index contributed by atoms with van der Waals surface area (Å²) in [7, 11) is 0. The Morgan fingerprint density at radius 2 is 2.06 bits per heavy atom. The molecule has 0 amide bonds. The van der Waals surface area contributed by atoms with Crippen LogP contribution in [0.1, 0.15) is 26.2 Å². The quantitative estimate of drug-likeness (QED) is 0.644. The van der Waals surface area contributed by atoms with Crippen molar-refractivity contribution in [3.63, 3.8) is 0 Å². The first-order chi connectivity index (χ1) is 7.64. The highest BCUT2D eigenvalue weighted by Crippen LogP contribution is 2.26. The summed E-state index contributed by atoms with van der Waals surface area (Å²) in [5.41, 5.74) is -1.03. The average Bonchev–Trinajstić information content (AvgIpc) is 2.30. The van der Waals surface area contributed by atoms with Gasteiger partial charge in [-0.1, -0.05) is 6.92 Å². The fourth-order valence-corrected chi connectivity index (χ4v) is 1.98. The van der Waals surface area contributed by atoms with Crippen LogP contribution < -0.4 is 0 Å². The Kier molecular flexibility index (Phi) is 5.18. The molecule has 0 aromatic carbocycles. The van der Waals surface area contributed by atoms with Gasteiger partial charge in [0.15, 0.2) is 5.60 Å². The Hall–Kier alpha value is -0.650. The van der Waals surface area contributed by atoms with E-state index in [0.717, 1.165) is 19.6 Å². The highest BCUT2D eigenvalue weighted by molar-refractivity contribution is 5.77. The number of carbonyl (C=O) groups is 1. The molecule has 0 atom stereocenters. The third-order valence-electron chi connectivity index (χ3n) is 3.18. The first kappa shape index (κ1) is 13.4. The van der Waals surface area contributed by atoms with Crippen LogP contribution in [-0.2, 0) is 9.53 Å². The molecule has 5 heteroatoms. The standard InChI is InChI=1S/C11H21NO4/c1-2-12-6-4-11(5-7-12,10(14)15)16-9-3-8-13/h13H,2-9H2,1H3,(H,14,15). The molecule has 16 heavy (non-hydrogen) atoms. The number of rotatable bonds is 6. The summed E-state index contributed by atoms with van der Waals surface area (Å²) >= 11 is 0. The molecule has 94 valence electrons. The van der Waals surface area contributed by atoms with E-state index in [4.69, 9.17) is 9.84 Å². The Labute approximate surface area is 96.0 Å². The average molecular weight is 231 g/mol. The highest BCUT2D eigenvalue weighted by atomic mass is 16.5. The number of likely N-dealkylation sites (tertiary alicyclic amines) is 1. The van der Waals surface area contributed by atoms with E-state index in [-0.39, 0.29) is 6.61 Å². The number of piperidine rings is 1. The fourth-order valence-electron chi connectivity index (χ4n) is 1.98. The van der Waals surface area contributed by atoms with Crippen molar-refractivity contribution >= 4 is 5.97 Å². The van der Waals surface area contributed by atoms with Crippen molar-refractivity contribution in [2.75, 3.05) is 32.8 Å². The number of ether oxygens (including phenoxy) is 1. The van der Waals surface area contributed by atoms with Crippen LogP contribution in [0.4, 0.5) is 0 Å². The fraction of sp³-hybridized carbons (Fsp3) is 0.909. The number of aliphatic hydroxyl groups is 1. The van der Waals surface area contributed by atoms with Crippen molar-refractivity contribution in [2.24, 2.45) is 0 Å². The summed E-state index contributed by atoms with van der Waals surface area (Å²) < 4.78 is 5.48. The van der Waals surface area contributed by atoms with Crippen molar-refractivity contribution in [3.8, 4) is 0 Å². The maximum Gasteiger partial charge on any atom is 0.336 e. The van der Waals surface area contributed by atoms with Crippen LogP contribution in [0.25, 0.3) is 0 Å². The van der Waals surface area contributed by atoms with Crippen molar-refractivity contribution < 1.29 is 19.7 Å². The molecule has 0 aromatic rings. The van der Waals surface area contributed by atoms with E-state index < -0.39 is 11.6 Å². The number of hydrogen-bond acceptors (Lipinski definition) is 4. The van der Waals surface area contributed by atoms with Crippen LogP contribution in [0.5, 0.6) is 0 Å². The van der Waals surface area contributed by atoms with Crippen molar-refractivity contribution in [2.45, 2.75) is 31.8 Å². The molecule has 0 aliphatic carbocycles. The lowest BCUT2D eigenvalue weighted by molar-refractivity contribution is -0.173. The van der Waals surface area contributed by atoms with Gasteiger partial charge in [-0.25, -0.2) is 4.79 Å². The minimum atomic E-state index is -1.03. The summed E-state index contributed by atoms with van der Waals surface area (Å²) in [5.74, 6) is -0.874. The van der Waals surface area contributed by atoms with E-state index in [0.29, 0.717) is 25.9 Å². The number of nitrogens with zero attached hydrogens (tertiary/aromatic N) is 1. The normalized spacial score (nSPS) is 20.9. The second-order valence-corrected chi connectivity index (χ2v) is 4.16. The van der Waals surface area contributed by atoms with Gasteiger partial charge in [0.1, 0.15) is 0 Å². The molecule has 0 aromatic heterocycles.